The minimum atomic E-state index is 0.477. The summed E-state index contributed by atoms with van der Waals surface area (Å²) < 4.78 is 2.41. The van der Waals surface area contributed by atoms with E-state index < -0.39 is 0 Å². The summed E-state index contributed by atoms with van der Waals surface area (Å²) >= 11 is 0. The van der Waals surface area contributed by atoms with Crippen molar-refractivity contribution in [3.63, 3.8) is 0 Å². The monoisotopic (exact) mass is 311 g/mol. The maximum Gasteiger partial charge on any atom is 0.137 e. The van der Waals surface area contributed by atoms with Crippen LogP contribution >= 0.6 is 0 Å². The van der Waals surface area contributed by atoms with Crippen molar-refractivity contribution in [2.45, 2.75) is 57.9 Å². The summed E-state index contributed by atoms with van der Waals surface area (Å²) in [5, 5.41) is 9.06. The Balaban J connectivity index is 1.57. The first-order valence-electron chi connectivity index (χ1n) is 8.92. The van der Waals surface area contributed by atoms with Gasteiger partial charge in [0, 0.05) is 37.7 Å². The Morgan fingerprint density at radius 3 is 2.91 bits per heavy atom. The third kappa shape index (κ3) is 2.96. The van der Waals surface area contributed by atoms with E-state index in [1.54, 1.807) is 0 Å². The molecule has 5 nitrogen and oxygen atoms in total. The van der Waals surface area contributed by atoms with E-state index in [4.69, 9.17) is 4.98 Å². The summed E-state index contributed by atoms with van der Waals surface area (Å²) in [5.74, 6) is 3.98. The van der Waals surface area contributed by atoms with Gasteiger partial charge in [-0.1, -0.05) is 12.5 Å². The van der Waals surface area contributed by atoms with Gasteiger partial charge < -0.3 is 9.47 Å². The first-order valence-corrected chi connectivity index (χ1v) is 8.92. The number of pyridine rings is 1. The zero-order chi connectivity index (χ0) is 15.6. The number of hydrogen-bond donors (Lipinski definition) is 0. The van der Waals surface area contributed by atoms with Crippen molar-refractivity contribution in [2.75, 3.05) is 18.0 Å². The van der Waals surface area contributed by atoms with Gasteiger partial charge in [0.05, 0.1) is 0 Å². The second-order valence-electron chi connectivity index (χ2n) is 6.86. The summed E-state index contributed by atoms with van der Waals surface area (Å²) in [6, 6.07) is 6.29. The molecule has 2 aliphatic rings. The van der Waals surface area contributed by atoms with Gasteiger partial charge in [0.2, 0.25) is 0 Å². The number of fused-ring (bicyclic) bond motifs is 1. The molecule has 0 aliphatic carbocycles. The van der Waals surface area contributed by atoms with Crippen molar-refractivity contribution in [1.29, 1.82) is 0 Å². The predicted octanol–water partition coefficient (Wildman–Crippen LogP) is 3.09. The molecule has 0 aromatic carbocycles. The lowest BCUT2D eigenvalue weighted by molar-refractivity contribution is 0.463. The van der Waals surface area contributed by atoms with E-state index in [-0.39, 0.29) is 0 Å². The van der Waals surface area contributed by atoms with E-state index in [0.717, 1.165) is 37.6 Å². The number of nitrogens with zero attached hydrogens (tertiary/aromatic N) is 5. The lowest BCUT2D eigenvalue weighted by Gasteiger charge is -2.33. The van der Waals surface area contributed by atoms with Crippen LogP contribution < -0.4 is 4.90 Å². The highest BCUT2D eigenvalue weighted by molar-refractivity contribution is 5.40. The van der Waals surface area contributed by atoms with Gasteiger partial charge in [-0.3, -0.25) is 0 Å². The smallest absolute Gasteiger partial charge is 0.137 e. The van der Waals surface area contributed by atoms with Crippen molar-refractivity contribution in [3.05, 3.63) is 35.5 Å². The molecule has 4 rings (SSSR count). The SMILES string of the molecule is Cc1cccc(N2CCCC(c3nnc4n3CCCCC4)C2)n1. The van der Waals surface area contributed by atoms with Crippen LogP contribution in [0.15, 0.2) is 18.2 Å². The number of hydrogen-bond acceptors (Lipinski definition) is 4. The number of aryl methyl sites for hydroxylation is 2. The molecule has 0 saturated carbocycles. The van der Waals surface area contributed by atoms with Gasteiger partial charge in [0.15, 0.2) is 0 Å². The molecular weight excluding hydrogens is 286 g/mol. The van der Waals surface area contributed by atoms with Crippen LogP contribution in [0.2, 0.25) is 0 Å². The van der Waals surface area contributed by atoms with Crippen molar-refractivity contribution in [3.8, 4) is 0 Å². The van der Waals surface area contributed by atoms with Gasteiger partial charge in [-0.15, -0.1) is 10.2 Å². The minimum Gasteiger partial charge on any atom is -0.356 e. The van der Waals surface area contributed by atoms with Crippen LogP contribution in [0.4, 0.5) is 5.82 Å². The van der Waals surface area contributed by atoms with E-state index in [2.05, 4.69) is 44.8 Å². The fourth-order valence-corrected chi connectivity index (χ4v) is 3.91. The molecule has 1 unspecified atom stereocenters. The fourth-order valence-electron chi connectivity index (χ4n) is 3.91. The second-order valence-corrected chi connectivity index (χ2v) is 6.86. The Hall–Kier alpha value is -1.91. The molecule has 5 heteroatoms. The summed E-state index contributed by atoms with van der Waals surface area (Å²) in [5.41, 5.74) is 1.08. The van der Waals surface area contributed by atoms with Gasteiger partial charge in [0.1, 0.15) is 17.5 Å². The van der Waals surface area contributed by atoms with Crippen LogP contribution in [0.25, 0.3) is 0 Å². The predicted molar refractivity (Wildman–Crippen MR) is 90.7 cm³/mol. The van der Waals surface area contributed by atoms with Crippen LogP contribution in [0.5, 0.6) is 0 Å². The van der Waals surface area contributed by atoms with Crippen LogP contribution in [0.3, 0.4) is 0 Å². The molecule has 122 valence electrons. The Bertz CT molecular complexity index is 678. The Kier molecular flexibility index (Phi) is 4.02. The first kappa shape index (κ1) is 14.7. The quantitative estimate of drug-likeness (QED) is 0.855. The summed E-state index contributed by atoms with van der Waals surface area (Å²) in [7, 11) is 0. The van der Waals surface area contributed by atoms with E-state index in [9.17, 15) is 0 Å². The van der Waals surface area contributed by atoms with Crippen molar-refractivity contribution in [2.24, 2.45) is 0 Å². The average molecular weight is 311 g/mol. The van der Waals surface area contributed by atoms with E-state index in [1.165, 1.54) is 43.8 Å². The zero-order valence-electron chi connectivity index (χ0n) is 13.9. The highest BCUT2D eigenvalue weighted by Gasteiger charge is 2.27. The molecule has 2 aromatic rings. The standard InChI is InChI=1S/C18H25N5/c1-14-7-5-10-16(19-14)22-11-6-8-15(13-22)18-21-20-17-9-3-2-4-12-23(17)18/h5,7,10,15H,2-4,6,8-9,11-13H2,1H3. The summed E-state index contributed by atoms with van der Waals surface area (Å²) in [4.78, 5) is 7.11. The molecule has 0 amide bonds. The van der Waals surface area contributed by atoms with Crippen LogP contribution in [0.1, 0.15) is 55.4 Å². The largest absolute Gasteiger partial charge is 0.356 e. The molecule has 1 fully saturated rings. The summed E-state index contributed by atoms with van der Waals surface area (Å²) in [6.45, 7) is 5.25. The normalized spacial score (nSPS) is 21.8. The van der Waals surface area contributed by atoms with E-state index >= 15 is 0 Å². The fraction of sp³-hybridized carbons (Fsp3) is 0.611. The van der Waals surface area contributed by atoms with Gasteiger partial charge in [0.25, 0.3) is 0 Å². The molecule has 1 atom stereocenters. The number of anilines is 1. The molecule has 2 aliphatic heterocycles. The first-order chi connectivity index (χ1) is 11.3. The molecule has 1 saturated heterocycles. The van der Waals surface area contributed by atoms with Crippen LogP contribution in [0, 0.1) is 6.92 Å². The molecule has 0 radical (unpaired) electrons. The topological polar surface area (TPSA) is 46.8 Å². The molecular formula is C18H25N5. The Morgan fingerprint density at radius 1 is 1.04 bits per heavy atom. The number of rotatable bonds is 2. The second kappa shape index (κ2) is 6.30. The Labute approximate surface area is 137 Å². The van der Waals surface area contributed by atoms with Crippen LogP contribution in [-0.4, -0.2) is 32.8 Å². The molecule has 0 N–H and O–H groups in total. The van der Waals surface area contributed by atoms with E-state index in [0.29, 0.717) is 5.92 Å². The highest BCUT2D eigenvalue weighted by Crippen LogP contribution is 2.30. The van der Waals surface area contributed by atoms with Gasteiger partial charge in [-0.25, -0.2) is 4.98 Å². The van der Waals surface area contributed by atoms with E-state index in [1.807, 2.05) is 0 Å². The highest BCUT2D eigenvalue weighted by atomic mass is 15.3. The van der Waals surface area contributed by atoms with Crippen molar-refractivity contribution >= 4 is 5.82 Å². The maximum atomic E-state index is 4.70. The Morgan fingerprint density at radius 2 is 2.00 bits per heavy atom. The number of piperidine rings is 1. The zero-order valence-corrected chi connectivity index (χ0v) is 13.9. The number of aromatic nitrogens is 4. The third-order valence-electron chi connectivity index (χ3n) is 5.12. The molecule has 0 bridgehead atoms. The van der Waals surface area contributed by atoms with Gasteiger partial charge in [-0.05, 0) is 44.7 Å². The lowest BCUT2D eigenvalue weighted by Crippen LogP contribution is -2.36. The minimum absolute atomic E-state index is 0.477. The van der Waals surface area contributed by atoms with Crippen molar-refractivity contribution in [1.82, 2.24) is 19.7 Å². The molecule has 2 aromatic heterocycles. The molecule has 0 spiro atoms. The van der Waals surface area contributed by atoms with Gasteiger partial charge >= 0.3 is 0 Å². The van der Waals surface area contributed by atoms with Crippen molar-refractivity contribution < 1.29 is 0 Å². The average Bonchev–Trinajstić information content (AvgIpc) is 2.84. The molecule has 4 heterocycles. The lowest BCUT2D eigenvalue weighted by atomic mass is 9.97. The van der Waals surface area contributed by atoms with Gasteiger partial charge in [-0.2, -0.15) is 0 Å². The van der Waals surface area contributed by atoms with Crippen LogP contribution in [-0.2, 0) is 13.0 Å². The summed E-state index contributed by atoms with van der Waals surface area (Å²) in [6.07, 6.45) is 7.31. The molecule has 23 heavy (non-hydrogen) atoms. The third-order valence-corrected chi connectivity index (χ3v) is 5.12. The maximum absolute atomic E-state index is 4.70.